The van der Waals surface area contributed by atoms with Crippen molar-refractivity contribution >= 4 is 19.7 Å². The summed E-state index contributed by atoms with van der Waals surface area (Å²) in [5.41, 5.74) is 0. The second-order valence-electron chi connectivity index (χ2n) is 4.08. The zero-order chi connectivity index (χ0) is 14.1. The fraction of sp³-hybridized carbons (Fsp3) is 0.538. The van der Waals surface area contributed by atoms with Gasteiger partial charge in [0.1, 0.15) is 5.75 Å². The van der Waals surface area contributed by atoms with Crippen LogP contribution in [0, 0.1) is 0 Å². The second-order valence-corrected chi connectivity index (χ2v) is 6.64. The highest BCUT2D eigenvalue weighted by molar-refractivity contribution is 8.13. The van der Waals surface area contributed by atoms with E-state index in [1.54, 1.807) is 12.1 Å². The van der Waals surface area contributed by atoms with Gasteiger partial charge in [0.2, 0.25) is 0 Å². The van der Waals surface area contributed by atoms with Gasteiger partial charge >= 0.3 is 0 Å². The third-order valence-electron chi connectivity index (χ3n) is 2.45. The molecule has 0 aliphatic carbocycles. The average molecular weight is 307 g/mol. The van der Waals surface area contributed by atoms with Crippen molar-refractivity contribution in [3.05, 3.63) is 24.3 Å². The molecule has 0 saturated carbocycles. The highest BCUT2D eigenvalue weighted by atomic mass is 35.7. The molecule has 108 valence electrons. The smallest absolute Gasteiger partial charge is 0.261 e. The van der Waals surface area contributed by atoms with Gasteiger partial charge in [0.15, 0.2) is 0 Å². The van der Waals surface area contributed by atoms with E-state index in [4.69, 9.17) is 20.2 Å². The Balaban J connectivity index is 2.23. The van der Waals surface area contributed by atoms with E-state index in [9.17, 15) is 8.42 Å². The van der Waals surface area contributed by atoms with Gasteiger partial charge in [-0.1, -0.05) is 13.3 Å². The molecule has 0 atom stereocenters. The molecule has 0 amide bonds. The van der Waals surface area contributed by atoms with Crippen LogP contribution in [0.1, 0.15) is 26.2 Å². The van der Waals surface area contributed by atoms with Crippen LogP contribution in [0.5, 0.6) is 5.75 Å². The predicted molar refractivity (Wildman–Crippen MR) is 75.3 cm³/mol. The molecule has 0 N–H and O–H groups in total. The Hall–Kier alpha value is -0.780. The maximum absolute atomic E-state index is 11.0. The molecule has 0 bridgehead atoms. The van der Waals surface area contributed by atoms with E-state index in [1.807, 2.05) is 0 Å². The summed E-state index contributed by atoms with van der Waals surface area (Å²) >= 11 is 0. The molecular formula is C13H19ClO4S. The summed E-state index contributed by atoms with van der Waals surface area (Å²) in [5, 5.41) is 0. The maximum atomic E-state index is 11.0. The molecular weight excluding hydrogens is 288 g/mol. The van der Waals surface area contributed by atoms with Crippen LogP contribution in [-0.4, -0.2) is 28.2 Å². The van der Waals surface area contributed by atoms with Crippen molar-refractivity contribution < 1.29 is 17.9 Å². The maximum Gasteiger partial charge on any atom is 0.261 e. The minimum Gasteiger partial charge on any atom is -0.494 e. The Kier molecular flexibility index (Phi) is 7.20. The van der Waals surface area contributed by atoms with E-state index < -0.39 is 9.05 Å². The molecule has 0 spiro atoms. The molecule has 0 radical (unpaired) electrons. The summed E-state index contributed by atoms with van der Waals surface area (Å²) in [6.45, 7) is 4.13. The van der Waals surface area contributed by atoms with Crippen molar-refractivity contribution in [3.63, 3.8) is 0 Å². The zero-order valence-electron chi connectivity index (χ0n) is 11.0. The van der Waals surface area contributed by atoms with Gasteiger partial charge in [-0.05, 0) is 30.7 Å². The molecule has 1 rings (SSSR count). The van der Waals surface area contributed by atoms with E-state index in [-0.39, 0.29) is 4.90 Å². The first-order valence-corrected chi connectivity index (χ1v) is 8.60. The molecule has 0 unspecified atom stereocenters. The predicted octanol–water partition coefficient (Wildman–Crippen LogP) is 3.20. The number of halogens is 1. The number of hydrogen-bond donors (Lipinski definition) is 0. The van der Waals surface area contributed by atoms with Crippen LogP contribution in [0.25, 0.3) is 0 Å². The summed E-state index contributed by atoms with van der Waals surface area (Å²) in [6.07, 6.45) is 3.01. The lowest BCUT2D eigenvalue weighted by molar-refractivity contribution is 0.117. The summed E-state index contributed by atoms with van der Waals surface area (Å²) in [5.74, 6) is 0.623. The minimum absolute atomic E-state index is 0.0735. The van der Waals surface area contributed by atoms with Gasteiger partial charge in [-0.3, -0.25) is 0 Å². The Morgan fingerprint density at radius 1 is 1.05 bits per heavy atom. The van der Waals surface area contributed by atoms with Gasteiger partial charge in [-0.2, -0.15) is 0 Å². The van der Waals surface area contributed by atoms with Gasteiger partial charge < -0.3 is 9.47 Å². The standard InChI is InChI=1S/C13H19ClO4S/c1-2-3-9-17-10-4-11-18-12-5-7-13(8-6-12)19(14,15)16/h5-8H,2-4,9-11H2,1H3. The highest BCUT2D eigenvalue weighted by Crippen LogP contribution is 2.19. The quantitative estimate of drug-likeness (QED) is 0.519. The molecule has 0 fully saturated rings. The van der Waals surface area contributed by atoms with Crippen LogP contribution < -0.4 is 4.74 Å². The van der Waals surface area contributed by atoms with Crippen molar-refractivity contribution in [2.24, 2.45) is 0 Å². The van der Waals surface area contributed by atoms with Crippen molar-refractivity contribution in [1.82, 2.24) is 0 Å². The molecule has 0 saturated heterocycles. The molecule has 6 heteroatoms. The molecule has 1 aromatic carbocycles. The summed E-state index contributed by atoms with van der Waals surface area (Å²) < 4.78 is 32.9. The van der Waals surface area contributed by atoms with Gasteiger partial charge in [0.25, 0.3) is 9.05 Å². The first-order chi connectivity index (χ1) is 9.04. The Morgan fingerprint density at radius 2 is 1.68 bits per heavy atom. The number of ether oxygens (including phenoxy) is 2. The van der Waals surface area contributed by atoms with Crippen molar-refractivity contribution in [2.75, 3.05) is 19.8 Å². The lowest BCUT2D eigenvalue weighted by atomic mass is 10.3. The average Bonchev–Trinajstić information content (AvgIpc) is 2.37. The molecule has 0 heterocycles. The Bertz CT molecular complexity index is 456. The third kappa shape index (κ3) is 6.80. The zero-order valence-corrected chi connectivity index (χ0v) is 12.5. The van der Waals surface area contributed by atoms with Crippen molar-refractivity contribution in [2.45, 2.75) is 31.1 Å². The van der Waals surface area contributed by atoms with E-state index >= 15 is 0 Å². The third-order valence-corrected chi connectivity index (χ3v) is 3.82. The van der Waals surface area contributed by atoms with Crippen molar-refractivity contribution in [1.29, 1.82) is 0 Å². The van der Waals surface area contributed by atoms with Gasteiger partial charge in [0, 0.05) is 30.3 Å². The van der Waals surface area contributed by atoms with Gasteiger partial charge in [0.05, 0.1) is 11.5 Å². The van der Waals surface area contributed by atoms with Crippen LogP contribution in [0.3, 0.4) is 0 Å². The molecule has 0 aliphatic rings. The summed E-state index contributed by atoms with van der Waals surface area (Å²) in [7, 11) is 1.55. The topological polar surface area (TPSA) is 52.6 Å². The molecule has 19 heavy (non-hydrogen) atoms. The van der Waals surface area contributed by atoms with Crippen LogP contribution in [0.15, 0.2) is 29.2 Å². The fourth-order valence-corrected chi connectivity index (χ4v) is 2.17. The number of benzene rings is 1. The molecule has 0 aromatic heterocycles. The van der Waals surface area contributed by atoms with Crippen LogP contribution in [0.4, 0.5) is 0 Å². The number of hydrogen-bond acceptors (Lipinski definition) is 4. The fourth-order valence-electron chi connectivity index (χ4n) is 1.40. The van der Waals surface area contributed by atoms with E-state index in [0.29, 0.717) is 19.0 Å². The number of unbranched alkanes of at least 4 members (excludes halogenated alkanes) is 1. The summed E-state index contributed by atoms with van der Waals surface area (Å²) in [4.78, 5) is 0.0735. The lowest BCUT2D eigenvalue weighted by Gasteiger charge is -2.07. The van der Waals surface area contributed by atoms with Crippen LogP contribution >= 0.6 is 10.7 Å². The monoisotopic (exact) mass is 306 g/mol. The number of rotatable bonds is 9. The second kappa shape index (κ2) is 8.40. The highest BCUT2D eigenvalue weighted by Gasteiger charge is 2.08. The first-order valence-electron chi connectivity index (χ1n) is 6.29. The summed E-state index contributed by atoms with van der Waals surface area (Å²) in [6, 6.07) is 6.03. The minimum atomic E-state index is -3.66. The van der Waals surface area contributed by atoms with Gasteiger partial charge in [-0.15, -0.1) is 0 Å². The van der Waals surface area contributed by atoms with E-state index in [0.717, 1.165) is 25.9 Å². The van der Waals surface area contributed by atoms with Gasteiger partial charge in [-0.25, -0.2) is 8.42 Å². The SMILES string of the molecule is CCCCOCCCOc1ccc(S(=O)(=O)Cl)cc1. The lowest BCUT2D eigenvalue weighted by Crippen LogP contribution is -2.04. The Morgan fingerprint density at radius 3 is 2.26 bits per heavy atom. The first kappa shape index (κ1) is 16.3. The van der Waals surface area contributed by atoms with Crippen LogP contribution in [0.2, 0.25) is 0 Å². The van der Waals surface area contributed by atoms with Crippen LogP contribution in [-0.2, 0) is 13.8 Å². The molecule has 4 nitrogen and oxygen atoms in total. The Labute approximate surface area is 119 Å². The molecule has 0 aliphatic heterocycles. The van der Waals surface area contributed by atoms with E-state index in [1.165, 1.54) is 12.1 Å². The normalized spacial score (nSPS) is 11.5. The van der Waals surface area contributed by atoms with Crippen molar-refractivity contribution in [3.8, 4) is 5.75 Å². The van der Waals surface area contributed by atoms with E-state index in [2.05, 4.69) is 6.92 Å². The largest absolute Gasteiger partial charge is 0.494 e. The molecule has 1 aromatic rings.